The summed E-state index contributed by atoms with van der Waals surface area (Å²) in [5, 5.41) is 11.1. The van der Waals surface area contributed by atoms with E-state index in [0.717, 1.165) is 46.1 Å². The fraction of sp³-hybridized carbons (Fsp3) is 0.389. The lowest BCUT2D eigenvalue weighted by atomic mass is 10.2. The second-order valence-electron chi connectivity index (χ2n) is 6.72. The van der Waals surface area contributed by atoms with Gasteiger partial charge in [0.05, 0.1) is 29.5 Å². The Kier molecular flexibility index (Phi) is 3.98. The van der Waals surface area contributed by atoms with Crippen molar-refractivity contribution in [2.45, 2.75) is 13.0 Å². The number of amides is 1. The SMILES string of the molecule is O=C(O)N1CCN(c2ccnc3[nH]c(-c4nc5c(s4)COCC5)cc23)CC1. The van der Waals surface area contributed by atoms with E-state index in [1.807, 2.05) is 6.07 Å². The molecule has 27 heavy (non-hydrogen) atoms. The van der Waals surface area contributed by atoms with E-state index in [2.05, 4.69) is 20.9 Å². The lowest BCUT2D eigenvalue weighted by Crippen LogP contribution is -2.48. The predicted octanol–water partition coefficient (Wildman–Crippen LogP) is 2.56. The normalized spacial score (nSPS) is 17.3. The molecule has 0 bridgehead atoms. The number of ether oxygens (including phenoxy) is 1. The molecule has 1 fully saturated rings. The molecule has 3 aromatic heterocycles. The van der Waals surface area contributed by atoms with E-state index < -0.39 is 6.09 Å². The van der Waals surface area contributed by atoms with E-state index in [1.165, 1.54) is 9.78 Å². The first kappa shape index (κ1) is 16.5. The average Bonchev–Trinajstić information content (AvgIpc) is 3.31. The molecule has 140 valence electrons. The third-order valence-corrected chi connectivity index (χ3v) is 6.23. The van der Waals surface area contributed by atoms with Gasteiger partial charge in [0, 0.05) is 49.9 Å². The summed E-state index contributed by atoms with van der Waals surface area (Å²) in [4.78, 5) is 28.7. The summed E-state index contributed by atoms with van der Waals surface area (Å²) in [5.41, 5.74) is 4.01. The summed E-state index contributed by atoms with van der Waals surface area (Å²) in [6.07, 6.45) is 1.81. The molecule has 2 aliphatic rings. The Morgan fingerprint density at radius 2 is 2.15 bits per heavy atom. The van der Waals surface area contributed by atoms with Gasteiger partial charge in [-0.25, -0.2) is 14.8 Å². The molecule has 8 nitrogen and oxygen atoms in total. The minimum absolute atomic E-state index is 0.510. The number of pyridine rings is 1. The van der Waals surface area contributed by atoms with Crippen molar-refractivity contribution in [3.63, 3.8) is 0 Å². The molecule has 1 saturated heterocycles. The van der Waals surface area contributed by atoms with E-state index in [1.54, 1.807) is 17.5 Å². The monoisotopic (exact) mass is 385 g/mol. The van der Waals surface area contributed by atoms with Crippen molar-refractivity contribution in [2.24, 2.45) is 0 Å². The number of carbonyl (C=O) groups is 1. The molecule has 0 unspecified atom stereocenters. The highest BCUT2D eigenvalue weighted by Crippen LogP contribution is 2.34. The van der Waals surface area contributed by atoms with Gasteiger partial charge in [0.1, 0.15) is 10.7 Å². The second-order valence-corrected chi connectivity index (χ2v) is 7.81. The fourth-order valence-corrected chi connectivity index (χ4v) is 4.70. The van der Waals surface area contributed by atoms with Crippen molar-refractivity contribution < 1.29 is 14.6 Å². The predicted molar refractivity (Wildman–Crippen MR) is 102 cm³/mol. The first-order valence-electron chi connectivity index (χ1n) is 8.96. The molecule has 2 N–H and O–H groups in total. The quantitative estimate of drug-likeness (QED) is 0.704. The summed E-state index contributed by atoms with van der Waals surface area (Å²) in [6.45, 7) is 3.75. The third kappa shape index (κ3) is 2.92. The zero-order valence-electron chi connectivity index (χ0n) is 14.6. The Morgan fingerprint density at radius 3 is 2.93 bits per heavy atom. The molecule has 1 amide bonds. The van der Waals surface area contributed by atoms with E-state index in [0.29, 0.717) is 32.8 Å². The number of aromatic nitrogens is 3. The van der Waals surface area contributed by atoms with E-state index in [4.69, 9.17) is 14.8 Å². The van der Waals surface area contributed by atoms with Gasteiger partial charge >= 0.3 is 6.09 Å². The molecule has 5 rings (SSSR count). The van der Waals surface area contributed by atoms with Crippen LogP contribution in [0.15, 0.2) is 18.3 Å². The van der Waals surface area contributed by atoms with Crippen molar-refractivity contribution in [2.75, 3.05) is 37.7 Å². The molecule has 0 aliphatic carbocycles. The fourth-order valence-electron chi connectivity index (χ4n) is 3.68. The number of fused-ring (bicyclic) bond motifs is 2. The largest absolute Gasteiger partial charge is 0.465 e. The summed E-state index contributed by atoms with van der Waals surface area (Å²) >= 11 is 1.67. The van der Waals surface area contributed by atoms with Gasteiger partial charge in [-0.1, -0.05) is 0 Å². The molecule has 3 aromatic rings. The van der Waals surface area contributed by atoms with Gasteiger partial charge in [-0.3, -0.25) is 0 Å². The lowest BCUT2D eigenvalue weighted by Gasteiger charge is -2.34. The smallest absolute Gasteiger partial charge is 0.407 e. The summed E-state index contributed by atoms with van der Waals surface area (Å²) in [7, 11) is 0. The van der Waals surface area contributed by atoms with Crippen molar-refractivity contribution in [3.8, 4) is 10.7 Å². The zero-order chi connectivity index (χ0) is 18.4. The molecule has 0 spiro atoms. The van der Waals surface area contributed by atoms with Crippen LogP contribution in [-0.2, 0) is 17.8 Å². The number of carboxylic acid groups (broad SMARTS) is 1. The maximum Gasteiger partial charge on any atom is 0.407 e. The minimum atomic E-state index is -0.852. The Hall–Kier alpha value is -2.65. The number of hydrogen-bond donors (Lipinski definition) is 2. The van der Waals surface area contributed by atoms with Gasteiger partial charge in [0.25, 0.3) is 0 Å². The van der Waals surface area contributed by atoms with Gasteiger partial charge in [0.2, 0.25) is 0 Å². The number of hydrogen-bond acceptors (Lipinski definition) is 6. The summed E-state index contributed by atoms with van der Waals surface area (Å²) < 4.78 is 5.52. The van der Waals surface area contributed by atoms with Crippen molar-refractivity contribution in [3.05, 3.63) is 28.9 Å². The molecule has 9 heteroatoms. The highest BCUT2D eigenvalue weighted by molar-refractivity contribution is 7.15. The average molecular weight is 385 g/mol. The minimum Gasteiger partial charge on any atom is -0.465 e. The third-order valence-electron chi connectivity index (χ3n) is 5.12. The Labute approximate surface area is 159 Å². The van der Waals surface area contributed by atoms with Crippen LogP contribution in [0.3, 0.4) is 0 Å². The maximum atomic E-state index is 11.1. The topological polar surface area (TPSA) is 94.6 Å². The van der Waals surface area contributed by atoms with Crippen LogP contribution in [0.2, 0.25) is 0 Å². The van der Waals surface area contributed by atoms with E-state index in [-0.39, 0.29) is 0 Å². The molecule has 0 aromatic carbocycles. The van der Waals surface area contributed by atoms with Gasteiger partial charge in [-0.2, -0.15) is 0 Å². The number of anilines is 1. The van der Waals surface area contributed by atoms with Crippen molar-refractivity contribution >= 4 is 34.2 Å². The van der Waals surface area contributed by atoms with Crippen LogP contribution < -0.4 is 4.90 Å². The van der Waals surface area contributed by atoms with Gasteiger partial charge in [-0.15, -0.1) is 11.3 Å². The molecule has 2 aliphatic heterocycles. The molecule has 0 saturated carbocycles. The van der Waals surface area contributed by atoms with Gasteiger partial charge in [0.15, 0.2) is 0 Å². The summed E-state index contributed by atoms with van der Waals surface area (Å²) in [5.74, 6) is 0. The standard InChI is InChI=1S/C18H19N5O3S/c24-18(25)23-6-4-22(5-7-23)14-1-3-19-16-11(14)9-13(20-16)17-21-12-2-8-26-10-15(12)27-17/h1,3,9H,2,4-8,10H2,(H,19,20)(H,24,25). The number of aromatic amines is 1. The number of thiazole rings is 1. The van der Waals surface area contributed by atoms with Crippen molar-refractivity contribution in [1.82, 2.24) is 19.9 Å². The van der Waals surface area contributed by atoms with E-state index in [9.17, 15) is 4.79 Å². The molecular weight excluding hydrogens is 366 g/mol. The van der Waals surface area contributed by atoms with Gasteiger partial charge < -0.3 is 24.6 Å². The molecular formula is C18H19N5O3S. The number of nitrogens with one attached hydrogen (secondary N) is 1. The Bertz CT molecular complexity index is 982. The molecule has 0 atom stereocenters. The second kappa shape index (κ2) is 6.50. The summed E-state index contributed by atoms with van der Waals surface area (Å²) in [6, 6.07) is 4.10. The van der Waals surface area contributed by atoms with Crippen LogP contribution in [-0.4, -0.2) is 63.8 Å². The molecule has 0 radical (unpaired) electrons. The number of rotatable bonds is 2. The number of H-pyrrole nitrogens is 1. The first-order valence-corrected chi connectivity index (χ1v) is 9.78. The van der Waals surface area contributed by atoms with Crippen LogP contribution in [0, 0.1) is 0 Å². The van der Waals surface area contributed by atoms with Crippen LogP contribution in [0.5, 0.6) is 0 Å². The van der Waals surface area contributed by atoms with Crippen LogP contribution in [0.25, 0.3) is 21.7 Å². The highest BCUT2D eigenvalue weighted by Gasteiger charge is 2.23. The van der Waals surface area contributed by atoms with Crippen LogP contribution in [0.1, 0.15) is 10.6 Å². The lowest BCUT2D eigenvalue weighted by molar-refractivity contribution is 0.112. The molecule has 5 heterocycles. The Morgan fingerprint density at radius 1 is 1.30 bits per heavy atom. The van der Waals surface area contributed by atoms with E-state index >= 15 is 0 Å². The van der Waals surface area contributed by atoms with Crippen LogP contribution >= 0.6 is 11.3 Å². The number of piperazine rings is 1. The van der Waals surface area contributed by atoms with Crippen molar-refractivity contribution in [1.29, 1.82) is 0 Å². The maximum absolute atomic E-state index is 11.1. The number of nitrogens with zero attached hydrogens (tertiary/aromatic N) is 4. The van der Waals surface area contributed by atoms with Crippen LogP contribution in [0.4, 0.5) is 10.5 Å². The first-order chi connectivity index (χ1) is 13.2. The zero-order valence-corrected chi connectivity index (χ0v) is 15.5. The highest BCUT2D eigenvalue weighted by atomic mass is 32.1. The van der Waals surface area contributed by atoms with Gasteiger partial charge in [-0.05, 0) is 12.1 Å². The Balaban J connectivity index is 1.47.